The van der Waals surface area contributed by atoms with Crippen LogP contribution in [0, 0.1) is 0 Å². The van der Waals surface area contributed by atoms with Crippen LogP contribution < -0.4 is 0 Å². The fourth-order valence-corrected chi connectivity index (χ4v) is 3.31. The molecule has 0 saturated heterocycles. The largest absolute Gasteiger partial charge is 0.338 e. The molecule has 1 aromatic carbocycles. The summed E-state index contributed by atoms with van der Waals surface area (Å²) in [7, 11) is -3.66. The zero-order chi connectivity index (χ0) is 16.3. The quantitative estimate of drug-likeness (QED) is 0.715. The average Bonchev–Trinajstić information content (AvgIpc) is 3.04. The van der Waals surface area contributed by atoms with Gasteiger partial charge in [0.2, 0.25) is 15.7 Å². The Labute approximate surface area is 134 Å². The second-order valence-corrected chi connectivity index (χ2v) is 7.28. The van der Waals surface area contributed by atoms with Gasteiger partial charge in [-0.15, -0.1) is 0 Å². The number of sulfone groups is 1. The molecule has 0 aliphatic heterocycles. The third kappa shape index (κ3) is 3.29. The van der Waals surface area contributed by atoms with Gasteiger partial charge in [-0.05, 0) is 24.6 Å². The van der Waals surface area contributed by atoms with Crippen LogP contribution in [0.15, 0.2) is 64.3 Å². The SMILES string of the molecule is CC(c1nc(Cc2ccccc2)no1)S(=O)(=O)c1ccccn1. The van der Waals surface area contributed by atoms with E-state index in [9.17, 15) is 8.42 Å². The first kappa shape index (κ1) is 15.4. The minimum Gasteiger partial charge on any atom is -0.338 e. The van der Waals surface area contributed by atoms with E-state index in [0.29, 0.717) is 12.2 Å². The monoisotopic (exact) mass is 329 g/mol. The van der Waals surface area contributed by atoms with Crippen molar-refractivity contribution < 1.29 is 12.9 Å². The van der Waals surface area contributed by atoms with Gasteiger partial charge in [-0.25, -0.2) is 13.4 Å². The number of nitrogens with zero attached hydrogens (tertiary/aromatic N) is 3. The molecule has 0 fully saturated rings. The van der Waals surface area contributed by atoms with Gasteiger partial charge in [0.25, 0.3) is 0 Å². The maximum Gasteiger partial charge on any atom is 0.245 e. The van der Waals surface area contributed by atoms with Gasteiger partial charge in [-0.3, -0.25) is 0 Å². The second-order valence-electron chi connectivity index (χ2n) is 5.07. The van der Waals surface area contributed by atoms with Crippen LogP contribution in [-0.4, -0.2) is 23.5 Å². The third-order valence-electron chi connectivity index (χ3n) is 3.43. The Balaban J connectivity index is 1.83. The summed E-state index contributed by atoms with van der Waals surface area (Å²) in [5.41, 5.74) is 1.03. The zero-order valence-electron chi connectivity index (χ0n) is 12.5. The van der Waals surface area contributed by atoms with Crippen LogP contribution in [0.3, 0.4) is 0 Å². The number of hydrogen-bond donors (Lipinski definition) is 0. The van der Waals surface area contributed by atoms with Crippen molar-refractivity contribution in [2.75, 3.05) is 0 Å². The lowest BCUT2D eigenvalue weighted by Gasteiger charge is -2.07. The summed E-state index contributed by atoms with van der Waals surface area (Å²) >= 11 is 0. The normalized spacial score (nSPS) is 12.9. The van der Waals surface area contributed by atoms with E-state index in [2.05, 4.69) is 15.1 Å². The highest BCUT2D eigenvalue weighted by Crippen LogP contribution is 2.26. The smallest absolute Gasteiger partial charge is 0.245 e. The van der Waals surface area contributed by atoms with Gasteiger partial charge in [-0.2, -0.15) is 4.98 Å². The van der Waals surface area contributed by atoms with E-state index >= 15 is 0 Å². The summed E-state index contributed by atoms with van der Waals surface area (Å²) in [6.07, 6.45) is 1.93. The van der Waals surface area contributed by atoms with Gasteiger partial charge < -0.3 is 4.52 Å². The van der Waals surface area contributed by atoms with Crippen molar-refractivity contribution in [3.63, 3.8) is 0 Å². The number of hydrogen-bond acceptors (Lipinski definition) is 6. The molecule has 0 aliphatic rings. The molecular weight excluding hydrogens is 314 g/mol. The van der Waals surface area contributed by atoms with Gasteiger partial charge >= 0.3 is 0 Å². The Morgan fingerprint density at radius 1 is 1.09 bits per heavy atom. The van der Waals surface area contributed by atoms with Crippen molar-refractivity contribution in [1.29, 1.82) is 0 Å². The molecule has 0 saturated carbocycles. The maximum atomic E-state index is 12.5. The number of rotatable bonds is 5. The molecule has 2 aromatic heterocycles. The molecule has 118 valence electrons. The van der Waals surface area contributed by atoms with Crippen molar-refractivity contribution in [2.45, 2.75) is 23.6 Å². The number of benzene rings is 1. The minimum absolute atomic E-state index is 0.00434. The van der Waals surface area contributed by atoms with E-state index in [1.54, 1.807) is 12.1 Å². The highest BCUT2D eigenvalue weighted by atomic mass is 32.2. The van der Waals surface area contributed by atoms with Gasteiger partial charge in [0.05, 0.1) is 0 Å². The number of pyridine rings is 1. The first-order valence-electron chi connectivity index (χ1n) is 7.08. The van der Waals surface area contributed by atoms with E-state index in [-0.39, 0.29) is 10.9 Å². The van der Waals surface area contributed by atoms with Crippen molar-refractivity contribution in [3.05, 3.63) is 72.0 Å². The second kappa shape index (κ2) is 6.29. The molecular formula is C16H15N3O3S. The molecule has 0 spiro atoms. The predicted octanol–water partition coefficient (Wildman–Crippen LogP) is 2.59. The lowest BCUT2D eigenvalue weighted by molar-refractivity contribution is 0.371. The van der Waals surface area contributed by atoms with Crippen LogP contribution >= 0.6 is 0 Å². The molecule has 7 heteroatoms. The maximum absolute atomic E-state index is 12.5. The lowest BCUT2D eigenvalue weighted by Crippen LogP contribution is -2.12. The third-order valence-corrected chi connectivity index (χ3v) is 5.39. The van der Waals surface area contributed by atoms with Gasteiger partial charge in [0, 0.05) is 12.6 Å². The highest BCUT2D eigenvalue weighted by molar-refractivity contribution is 7.91. The van der Waals surface area contributed by atoms with Gasteiger partial charge in [0.15, 0.2) is 10.9 Å². The molecule has 1 atom stereocenters. The van der Waals surface area contributed by atoms with E-state index < -0.39 is 15.1 Å². The summed E-state index contributed by atoms with van der Waals surface area (Å²) in [4.78, 5) is 8.11. The fourth-order valence-electron chi connectivity index (χ4n) is 2.11. The zero-order valence-corrected chi connectivity index (χ0v) is 13.3. The van der Waals surface area contributed by atoms with Crippen LogP contribution in [0.1, 0.15) is 29.5 Å². The Morgan fingerprint density at radius 2 is 1.83 bits per heavy atom. The Hall–Kier alpha value is -2.54. The Kier molecular flexibility index (Phi) is 4.20. The Bertz CT molecular complexity index is 877. The van der Waals surface area contributed by atoms with Gasteiger partial charge in [-0.1, -0.05) is 41.6 Å². The molecule has 2 heterocycles. The molecule has 0 aliphatic carbocycles. The Morgan fingerprint density at radius 3 is 2.52 bits per heavy atom. The van der Waals surface area contributed by atoms with Crippen LogP contribution in [0.4, 0.5) is 0 Å². The molecule has 6 nitrogen and oxygen atoms in total. The molecule has 3 rings (SSSR count). The van der Waals surface area contributed by atoms with Crippen LogP contribution in [-0.2, 0) is 16.3 Å². The first-order chi connectivity index (χ1) is 11.1. The number of aromatic nitrogens is 3. The van der Waals surface area contributed by atoms with Gasteiger partial charge in [0.1, 0.15) is 5.25 Å². The van der Waals surface area contributed by atoms with E-state index in [1.165, 1.54) is 19.2 Å². The van der Waals surface area contributed by atoms with Crippen molar-refractivity contribution in [3.8, 4) is 0 Å². The highest BCUT2D eigenvalue weighted by Gasteiger charge is 2.30. The molecule has 1 unspecified atom stereocenters. The fraction of sp³-hybridized carbons (Fsp3) is 0.188. The molecule has 23 heavy (non-hydrogen) atoms. The molecule has 0 bridgehead atoms. The van der Waals surface area contributed by atoms with Crippen LogP contribution in [0.2, 0.25) is 0 Å². The molecule has 0 N–H and O–H groups in total. The average molecular weight is 329 g/mol. The lowest BCUT2D eigenvalue weighted by atomic mass is 10.1. The summed E-state index contributed by atoms with van der Waals surface area (Å²) in [6, 6.07) is 14.4. The van der Waals surface area contributed by atoms with Crippen molar-refractivity contribution >= 4 is 9.84 Å². The first-order valence-corrected chi connectivity index (χ1v) is 8.63. The van der Waals surface area contributed by atoms with Crippen molar-refractivity contribution in [2.24, 2.45) is 0 Å². The summed E-state index contributed by atoms with van der Waals surface area (Å²) in [5, 5.41) is 2.91. The summed E-state index contributed by atoms with van der Waals surface area (Å²) in [6.45, 7) is 1.52. The molecule has 3 aromatic rings. The van der Waals surface area contributed by atoms with Crippen LogP contribution in [0.25, 0.3) is 0 Å². The topological polar surface area (TPSA) is 86.0 Å². The van der Waals surface area contributed by atoms with E-state index in [1.807, 2.05) is 30.3 Å². The molecule has 0 radical (unpaired) electrons. The van der Waals surface area contributed by atoms with E-state index in [0.717, 1.165) is 5.56 Å². The predicted molar refractivity (Wildman–Crippen MR) is 83.4 cm³/mol. The molecule has 0 amide bonds. The van der Waals surface area contributed by atoms with Crippen LogP contribution in [0.5, 0.6) is 0 Å². The summed E-state index contributed by atoms with van der Waals surface area (Å²) < 4.78 is 30.2. The van der Waals surface area contributed by atoms with E-state index in [4.69, 9.17) is 4.52 Å². The minimum atomic E-state index is -3.66. The standard InChI is InChI=1S/C16H15N3O3S/c1-12(23(20,21)15-9-5-6-10-17-15)16-18-14(19-22-16)11-13-7-3-2-4-8-13/h2-10,12H,11H2,1H3. The summed E-state index contributed by atoms with van der Waals surface area (Å²) in [5.74, 6) is 0.524. The van der Waals surface area contributed by atoms with Crippen molar-refractivity contribution in [1.82, 2.24) is 15.1 Å².